The van der Waals surface area contributed by atoms with Crippen LogP contribution in [0.15, 0.2) is 65.6 Å². The number of rotatable bonds is 6. The van der Waals surface area contributed by atoms with Crippen LogP contribution in [0.25, 0.3) is 0 Å². The van der Waals surface area contributed by atoms with Crippen molar-refractivity contribution < 1.29 is 17.9 Å². The Bertz CT molecular complexity index is 1410. The van der Waals surface area contributed by atoms with Crippen molar-refractivity contribution >= 4 is 27.2 Å². The maximum Gasteiger partial charge on any atom is 0.261 e. The van der Waals surface area contributed by atoms with E-state index < -0.39 is 10.0 Å². The first kappa shape index (κ1) is 24.5. The highest BCUT2D eigenvalue weighted by Gasteiger charge is 2.42. The van der Waals surface area contributed by atoms with E-state index >= 15 is 0 Å². The standard InChI is InChI=1S/C29H32N2O4S/c1-17(2)28(32)21-8-6-20(7-9-21)27-24-13-14-35-29(24)25-16-23(11-12-26(25)30-27)36(33,34)31-22-10-5-18(3)19(4)15-22/h5-12,15-17,24,27,29-31H,13-14H2,1-4H3/t24-,27?,29-/m1/s1. The average molecular weight is 505 g/mol. The Morgan fingerprint density at radius 3 is 2.44 bits per heavy atom. The third-order valence-electron chi connectivity index (χ3n) is 7.35. The highest BCUT2D eigenvalue weighted by atomic mass is 32.2. The molecule has 0 saturated carbocycles. The molecule has 2 N–H and O–H groups in total. The lowest BCUT2D eigenvalue weighted by atomic mass is 9.81. The summed E-state index contributed by atoms with van der Waals surface area (Å²) in [7, 11) is -3.76. The zero-order valence-electron chi connectivity index (χ0n) is 21.0. The minimum absolute atomic E-state index is 0.0179. The smallest absolute Gasteiger partial charge is 0.261 e. The van der Waals surface area contributed by atoms with Gasteiger partial charge in [-0.25, -0.2) is 8.42 Å². The van der Waals surface area contributed by atoms with Crippen LogP contribution >= 0.6 is 0 Å². The van der Waals surface area contributed by atoms with Gasteiger partial charge in [0, 0.05) is 40.9 Å². The van der Waals surface area contributed by atoms with E-state index in [2.05, 4.69) is 10.0 Å². The number of benzene rings is 3. The van der Waals surface area contributed by atoms with E-state index in [1.54, 1.807) is 18.2 Å². The molecule has 1 fully saturated rings. The summed E-state index contributed by atoms with van der Waals surface area (Å²) in [6.07, 6.45) is 0.673. The molecule has 36 heavy (non-hydrogen) atoms. The topological polar surface area (TPSA) is 84.5 Å². The Morgan fingerprint density at radius 1 is 1.00 bits per heavy atom. The van der Waals surface area contributed by atoms with Crippen molar-refractivity contribution in [3.63, 3.8) is 0 Å². The van der Waals surface area contributed by atoms with Crippen molar-refractivity contribution in [2.75, 3.05) is 16.6 Å². The van der Waals surface area contributed by atoms with Gasteiger partial charge in [-0.3, -0.25) is 9.52 Å². The molecule has 5 rings (SSSR count). The predicted molar refractivity (Wildman–Crippen MR) is 142 cm³/mol. The van der Waals surface area contributed by atoms with Crippen molar-refractivity contribution in [2.24, 2.45) is 11.8 Å². The fourth-order valence-corrected chi connectivity index (χ4v) is 6.24. The van der Waals surface area contributed by atoms with E-state index in [1.807, 2.05) is 70.2 Å². The molecular weight excluding hydrogens is 472 g/mol. The van der Waals surface area contributed by atoms with Gasteiger partial charge >= 0.3 is 0 Å². The van der Waals surface area contributed by atoms with Crippen LogP contribution in [0.3, 0.4) is 0 Å². The second kappa shape index (κ2) is 9.37. The molecule has 1 saturated heterocycles. The Balaban J connectivity index is 1.43. The van der Waals surface area contributed by atoms with Crippen molar-refractivity contribution in [1.82, 2.24) is 0 Å². The number of Topliss-reactive ketones (excluding diaryl/α,β-unsaturated/α-hetero) is 1. The molecule has 0 aromatic heterocycles. The fraction of sp³-hybridized carbons (Fsp3) is 0.345. The predicted octanol–water partition coefficient (Wildman–Crippen LogP) is 6.19. The molecule has 3 aromatic carbocycles. The van der Waals surface area contributed by atoms with Gasteiger partial charge in [-0.1, -0.05) is 44.2 Å². The molecule has 0 amide bonds. The Kier molecular flexibility index (Phi) is 6.39. The van der Waals surface area contributed by atoms with E-state index in [0.717, 1.165) is 39.9 Å². The number of nitrogens with one attached hydrogen (secondary N) is 2. The summed E-state index contributed by atoms with van der Waals surface area (Å²) >= 11 is 0. The lowest BCUT2D eigenvalue weighted by molar-refractivity contribution is 0.0827. The molecule has 188 valence electrons. The van der Waals surface area contributed by atoms with Crippen LogP contribution in [-0.4, -0.2) is 20.8 Å². The van der Waals surface area contributed by atoms with E-state index in [4.69, 9.17) is 4.74 Å². The number of fused-ring (bicyclic) bond motifs is 3. The third kappa shape index (κ3) is 4.53. The zero-order valence-corrected chi connectivity index (χ0v) is 21.9. The van der Waals surface area contributed by atoms with Gasteiger partial charge < -0.3 is 10.1 Å². The SMILES string of the molecule is Cc1ccc(NS(=O)(=O)c2ccc3c(c2)[C@@H]2OCC[C@@H]2C(c2ccc(C(=O)C(C)C)cc2)N3)cc1C. The van der Waals surface area contributed by atoms with Gasteiger partial charge in [0.1, 0.15) is 0 Å². The van der Waals surface area contributed by atoms with Crippen LogP contribution < -0.4 is 10.0 Å². The summed E-state index contributed by atoms with van der Waals surface area (Å²) in [6, 6.07) is 18.6. The van der Waals surface area contributed by atoms with E-state index in [9.17, 15) is 13.2 Å². The Hall–Kier alpha value is -3.16. The lowest BCUT2D eigenvalue weighted by Crippen LogP contribution is -2.29. The molecule has 6 nitrogen and oxygen atoms in total. The van der Waals surface area contributed by atoms with E-state index in [0.29, 0.717) is 12.3 Å². The molecule has 0 radical (unpaired) electrons. The monoisotopic (exact) mass is 504 g/mol. The normalized spacial score (nSPS) is 21.0. The molecule has 2 aliphatic rings. The van der Waals surface area contributed by atoms with Gasteiger partial charge in [0.15, 0.2) is 5.78 Å². The first-order valence-corrected chi connectivity index (χ1v) is 13.9. The summed E-state index contributed by atoms with van der Waals surface area (Å²) in [5.41, 5.74) is 6.23. The minimum Gasteiger partial charge on any atom is -0.378 e. The largest absolute Gasteiger partial charge is 0.378 e. The zero-order chi connectivity index (χ0) is 25.6. The second-order valence-electron chi connectivity index (χ2n) is 10.2. The molecule has 0 bridgehead atoms. The van der Waals surface area contributed by atoms with E-state index in [-0.39, 0.29) is 34.7 Å². The first-order valence-electron chi connectivity index (χ1n) is 12.4. The van der Waals surface area contributed by atoms with Gasteiger partial charge in [-0.05, 0) is 67.3 Å². The van der Waals surface area contributed by atoms with Crippen molar-refractivity contribution in [3.8, 4) is 0 Å². The van der Waals surface area contributed by atoms with Gasteiger partial charge in [0.05, 0.1) is 17.0 Å². The highest BCUT2D eigenvalue weighted by molar-refractivity contribution is 7.92. The second-order valence-corrected chi connectivity index (χ2v) is 11.8. The van der Waals surface area contributed by atoms with Crippen molar-refractivity contribution in [2.45, 2.75) is 51.2 Å². The van der Waals surface area contributed by atoms with Crippen LogP contribution in [0, 0.1) is 25.7 Å². The molecule has 0 spiro atoms. The molecule has 7 heteroatoms. The number of aryl methyl sites for hydroxylation is 2. The fourth-order valence-electron chi connectivity index (χ4n) is 5.15. The quantitative estimate of drug-likeness (QED) is 0.391. The van der Waals surface area contributed by atoms with E-state index in [1.165, 1.54) is 0 Å². The summed E-state index contributed by atoms with van der Waals surface area (Å²) in [5.74, 6) is 0.252. The van der Waals surface area contributed by atoms with Gasteiger partial charge in [0.25, 0.3) is 10.0 Å². The van der Waals surface area contributed by atoms with Crippen LogP contribution in [0.4, 0.5) is 11.4 Å². The Labute approximate surface area is 213 Å². The Morgan fingerprint density at radius 2 is 1.75 bits per heavy atom. The summed E-state index contributed by atoms with van der Waals surface area (Å²) < 4.78 is 35.2. The van der Waals surface area contributed by atoms with Gasteiger partial charge in [-0.15, -0.1) is 0 Å². The summed E-state index contributed by atoms with van der Waals surface area (Å²) in [4.78, 5) is 12.6. The van der Waals surface area contributed by atoms with Crippen molar-refractivity contribution in [3.05, 3.63) is 88.5 Å². The van der Waals surface area contributed by atoms with Crippen LogP contribution in [0.2, 0.25) is 0 Å². The first-order chi connectivity index (χ1) is 17.1. The maximum atomic E-state index is 13.2. The van der Waals surface area contributed by atoms with Gasteiger partial charge in [0.2, 0.25) is 0 Å². The molecule has 3 aromatic rings. The summed E-state index contributed by atoms with van der Waals surface area (Å²) in [5, 5.41) is 3.62. The molecule has 2 heterocycles. The van der Waals surface area contributed by atoms with Crippen LogP contribution in [-0.2, 0) is 14.8 Å². The maximum absolute atomic E-state index is 13.2. The number of anilines is 2. The number of sulfonamides is 1. The number of carbonyl (C=O) groups excluding carboxylic acids is 1. The number of hydrogen-bond donors (Lipinski definition) is 2. The molecule has 2 aliphatic heterocycles. The minimum atomic E-state index is -3.76. The molecular formula is C29H32N2O4S. The number of hydrogen-bond acceptors (Lipinski definition) is 5. The van der Waals surface area contributed by atoms with Crippen LogP contribution in [0.5, 0.6) is 0 Å². The highest BCUT2D eigenvalue weighted by Crippen LogP contribution is 2.50. The molecule has 0 aliphatic carbocycles. The third-order valence-corrected chi connectivity index (χ3v) is 8.73. The van der Waals surface area contributed by atoms with Gasteiger partial charge in [-0.2, -0.15) is 0 Å². The number of ether oxygens (including phenoxy) is 1. The number of ketones is 1. The lowest BCUT2D eigenvalue weighted by Gasteiger charge is -2.36. The number of carbonyl (C=O) groups is 1. The molecule has 1 unspecified atom stereocenters. The average Bonchev–Trinajstić information content (AvgIpc) is 3.35. The summed E-state index contributed by atoms with van der Waals surface area (Å²) in [6.45, 7) is 8.38. The molecule has 3 atom stereocenters. The van der Waals surface area contributed by atoms with Crippen molar-refractivity contribution in [1.29, 1.82) is 0 Å². The van der Waals surface area contributed by atoms with Crippen LogP contribution in [0.1, 0.15) is 65.0 Å².